The first-order valence-electron chi connectivity index (χ1n) is 5.53. The van der Waals surface area contributed by atoms with Gasteiger partial charge in [0.25, 0.3) is 9.05 Å². The molecule has 2 aromatic heterocycles. The maximum absolute atomic E-state index is 11.2. The zero-order chi connectivity index (χ0) is 13.5. The number of nitrogens with zero attached hydrogens (tertiary/aromatic N) is 1. The molecule has 4 nitrogen and oxygen atoms in total. The van der Waals surface area contributed by atoms with Gasteiger partial charge in [0, 0.05) is 28.0 Å². The van der Waals surface area contributed by atoms with Gasteiger partial charge in [-0.25, -0.2) is 13.4 Å². The summed E-state index contributed by atoms with van der Waals surface area (Å²) in [7, 11) is 1.60. The third-order valence-corrected chi connectivity index (χ3v) is 4.21. The van der Waals surface area contributed by atoms with Crippen LogP contribution in [-0.2, 0) is 9.05 Å². The van der Waals surface area contributed by atoms with Crippen molar-refractivity contribution in [3.8, 4) is 11.3 Å². The van der Waals surface area contributed by atoms with Crippen LogP contribution in [0.15, 0.2) is 53.6 Å². The number of aromatic amines is 1. The van der Waals surface area contributed by atoms with Crippen LogP contribution in [0.4, 0.5) is 0 Å². The van der Waals surface area contributed by atoms with E-state index in [-0.39, 0.29) is 4.90 Å². The van der Waals surface area contributed by atoms with Crippen molar-refractivity contribution in [1.82, 2.24) is 9.97 Å². The largest absolute Gasteiger partial charge is 0.339 e. The first-order valence-corrected chi connectivity index (χ1v) is 7.84. The monoisotopic (exact) mass is 292 g/mol. The van der Waals surface area contributed by atoms with E-state index in [1.54, 1.807) is 18.3 Å². The second-order valence-corrected chi connectivity index (χ2v) is 6.65. The second-order valence-electron chi connectivity index (χ2n) is 4.09. The van der Waals surface area contributed by atoms with Gasteiger partial charge in [-0.1, -0.05) is 12.1 Å². The van der Waals surface area contributed by atoms with E-state index in [9.17, 15) is 8.42 Å². The molecule has 2 heterocycles. The molecule has 0 bridgehead atoms. The normalized spacial score (nSPS) is 11.8. The van der Waals surface area contributed by atoms with Crippen LogP contribution in [0.1, 0.15) is 0 Å². The van der Waals surface area contributed by atoms with Crippen molar-refractivity contribution in [1.29, 1.82) is 0 Å². The van der Waals surface area contributed by atoms with Gasteiger partial charge in [0.05, 0.1) is 4.90 Å². The number of fused-ring (bicyclic) bond motifs is 1. The highest BCUT2D eigenvalue weighted by Crippen LogP contribution is 2.25. The molecule has 0 saturated carbocycles. The number of H-pyrrole nitrogens is 1. The van der Waals surface area contributed by atoms with Crippen LogP contribution in [0.25, 0.3) is 22.3 Å². The Morgan fingerprint density at radius 3 is 2.47 bits per heavy atom. The van der Waals surface area contributed by atoms with Crippen LogP contribution in [0.3, 0.4) is 0 Å². The fourth-order valence-corrected chi connectivity index (χ4v) is 2.68. The molecule has 96 valence electrons. The molecule has 0 aliphatic rings. The van der Waals surface area contributed by atoms with Gasteiger partial charge in [-0.05, 0) is 35.9 Å². The van der Waals surface area contributed by atoms with Gasteiger partial charge in [-0.2, -0.15) is 0 Å². The predicted molar refractivity (Wildman–Crippen MR) is 74.6 cm³/mol. The SMILES string of the molecule is O=S(=O)(Cl)c1ccc(-c2cc3cccnc3[nH]2)cc1. The minimum Gasteiger partial charge on any atom is -0.339 e. The van der Waals surface area contributed by atoms with Crippen LogP contribution in [-0.4, -0.2) is 18.4 Å². The first kappa shape index (κ1) is 12.2. The summed E-state index contributed by atoms with van der Waals surface area (Å²) >= 11 is 0. The molecule has 0 unspecified atom stereocenters. The molecule has 19 heavy (non-hydrogen) atoms. The molecule has 0 saturated heterocycles. The van der Waals surface area contributed by atoms with Crippen molar-refractivity contribution in [2.45, 2.75) is 4.90 Å². The number of benzene rings is 1. The van der Waals surface area contributed by atoms with Gasteiger partial charge in [-0.15, -0.1) is 0 Å². The number of rotatable bonds is 2. The van der Waals surface area contributed by atoms with E-state index in [4.69, 9.17) is 10.7 Å². The van der Waals surface area contributed by atoms with Crippen LogP contribution in [0, 0.1) is 0 Å². The van der Waals surface area contributed by atoms with Gasteiger partial charge in [0.15, 0.2) is 0 Å². The van der Waals surface area contributed by atoms with Crippen LogP contribution in [0.2, 0.25) is 0 Å². The third-order valence-electron chi connectivity index (χ3n) is 2.84. The van der Waals surface area contributed by atoms with Gasteiger partial charge in [0.2, 0.25) is 0 Å². The lowest BCUT2D eigenvalue weighted by atomic mass is 10.1. The van der Waals surface area contributed by atoms with Crippen molar-refractivity contribution < 1.29 is 8.42 Å². The molecule has 3 rings (SSSR count). The second kappa shape index (κ2) is 4.36. The first-order chi connectivity index (χ1) is 9.04. The van der Waals surface area contributed by atoms with Gasteiger partial charge >= 0.3 is 0 Å². The Kier molecular flexibility index (Phi) is 2.80. The smallest absolute Gasteiger partial charge is 0.261 e. The molecule has 0 atom stereocenters. The average Bonchev–Trinajstić information content (AvgIpc) is 2.81. The lowest BCUT2D eigenvalue weighted by Crippen LogP contribution is -1.89. The highest BCUT2D eigenvalue weighted by atomic mass is 35.7. The molecule has 0 aliphatic carbocycles. The Bertz CT molecular complexity index is 805. The zero-order valence-corrected chi connectivity index (χ0v) is 11.2. The summed E-state index contributed by atoms with van der Waals surface area (Å²) in [6, 6.07) is 12.2. The van der Waals surface area contributed by atoms with Crippen LogP contribution < -0.4 is 0 Å². The van der Waals surface area contributed by atoms with Crippen LogP contribution >= 0.6 is 10.7 Å². The van der Waals surface area contributed by atoms with Crippen LogP contribution in [0.5, 0.6) is 0 Å². The van der Waals surface area contributed by atoms with E-state index < -0.39 is 9.05 Å². The fraction of sp³-hybridized carbons (Fsp3) is 0. The maximum Gasteiger partial charge on any atom is 0.261 e. The molecule has 6 heteroatoms. The maximum atomic E-state index is 11.2. The van der Waals surface area contributed by atoms with Crippen molar-refractivity contribution in [3.63, 3.8) is 0 Å². The standard InChI is InChI=1S/C13H9ClN2O2S/c14-19(17,18)11-5-3-9(4-6-11)12-8-10-2-1-7-15-13(10)16-12/h1-8H,(H,15,16). The Balaban J connectivity index is 2.07. The Morgan fingerprint density at radius 2 is 1.84 bits per heavy atom. The summed E-state index contributed by atoms with van der Waals surface area (Å²) in [5, 5.41) is 1.01. The van der Waals surface area contributed by atoms with Gasteiger partial charge in [-0.3, -0.25) is 0 Å². The summed E-state index contributed by atoms with van der Waals surface area (Å²) < 4.78 is 22.3. The zero-order valence-electron chi connectivity index (χ0n) is 9.67. The number of hydrogen-bond acceptors (Lipinski definition) is 3. The number of pyridine rings is 1. The molecule has 1 aromatic carbocycles. The highest BCUT2D eigenvalue weighted by molar-refractivity contribution is 8.13. The van der Waals surface area contributed by atoms with E-state index in [1.807, 2.05) is 18.2 Å². The van der Waals surface area contributed by atoms with E-state index in [0.717, 1.165) is 22.3 Å². The molecule has 0 spiro atoms. The molecule has 0 fully saturated rings. The molecule has 0 aliphatic heterocycles. The van der Waals surface area contributed by atoms with E-state index in [1.165, 1.54) is 12.1 Å². The average molecular weight is 293 g/mol. The van der Waals surface area contributed by atoms with Crippen molar-refractivity contribution in [3.05, 3.63) is 48.7 Å². The Morgan fingerprint density at radius 1 is 1.11 bits per heavy atom. The lowest BCUT2D eigenvalue weighted by molar-refractivity contribution is 0.609. The van der Waals surface area contributed by atoms with Gasteiger partial charge in [0.1, 0.15) is 5.65 Å². The molecule has 0 radical (unpaired) electrons. The molecule has 1 N–H and O–H groups in total. The lowest BCUT2D eigenvalue weighted by Gasteiger charge is -1.99. The predicted octanol–water partition coefficient (Wildman–Crippen LogP) is 3.16. The molecule has 3 aromatic rings. The van der Waals surface area contributed by atoms with Crippen molar-refractivity contribution in [2.24, 2.45) is 0 Å². The minimum absolute atomic E-state index is 0.0900. The van der Waals surface area contributed by atoms with Gasteiger partial charge < -0.3 is 4.98 Å². The summed E-state index contributed by atoms with van der Waals surface area (Å²) in [6.07, 6.45) is 1.71. The summed E-state index contributed by atoms with van der Waals surface area (Å²) in [4.78, 5) is 7.48. The fourth-order valence-electron chi connectivity index (χ4n) is 1.91. The van der Waals surface area contributed by atoms with E-state index in [2.05, 4.69) is 9.97 Å². The number of halogens is 1. The Hall–Kier alpha value is -1.85. The topological polar surface area (TPSA) is 62.8 Å². The Labute approximate surface area is 114 Å². The third kappa shape index (κ3) is 2.34. The quantitative estimate of drug-likeness (QED) is 0.738. The molecular weight excluding hydrogens is 284 g/mol. The molecule has 0 amide bonds. The number of aromatic nitrogens is 2. The summed E-state index contributed by atoms with van der Waals surface area (Å²) in [5.74, 6) is 0. The van der Waals surface area contributed by atoms with Crippen molar-refractivity contribution >= 4 is 30.8 Å². The van der Waals surface area contributed by atoms with Crippen molar-refractivity contribution in [2.75, 3.05) is 0 Å². The molecular formula is C13H9ClN2O2S. The van der Waals surface area contributed by atoms with E-state index in [0.29, 0.717) is 0 Å². The summed E-state index contributed by atoms with van der Waals surface area (Å²) in [6.45, 7) is 0. The number of hydrogen-bond donors (Lipinski definition) is 1. The minimum atomic E-state index is -3.68. The van der Waals surface area contributed by atoms with E-state index >= 15 is 0 Å². The summed E-state index contributed by atoms with van der Waals surface area (Å²) in [5.41, 5.74) is 2.56. The highest BCUT2D eigenvalue weighted by Gasteiger charge is 2.10. The number of nitrogens with one attached hydrogen (secondary N) is 1.